The summed E-state index contributed by atoms with van der Waals surface area (Å²) in [6.07, 6.45) is 5.45. The number of carbonyl (C=O) groups excluding carboxylic acids is 1. The van der Waals surface area contributed by atoms with Crippen LogP contribution in [0.25, 0.3) is 0 Å². The molecule has 2 fully saturated rings. The summed E-state index contributed by atoms with van der Waals surface area (Å²) in [6.45, 7) is 2.16. The summed E-state index contributed by atoms with van der Waals surface area (Å²) in [5.74, 6) is 0.291. The zero-order valence-electron chi connectivity index (χ0n) is 10.9. The van der Waals surface area contributed by atoms with Gasteiger partial charge in [-0.15, -0.1) is 0 Å². The molecule has 104 valence electrons. The van der Waals surface area contributed by atoms with Gasteiger partial charge in [-0.1, -0.05) is 19.3 Å². The summed E-state index contributed by atoms with van der Waals surface area (Å²) in [5, 5.41) is 16.0. The van der Waals surface area contributed by atoms with Crippen LogP contribution in [0, 0.1) is 5.92 Å². The molecule has 2 unspecified atom stereocenters. The van der Waals surface area contributed by atoms with Gasteiger partial charge in [0.05, 0.1) is 19.3 Å². The van der Waals surface area contributed by atoms with Crippen molar-refractivity contribution < 1.29 is 14.6 Å². The molecule has 1 saturated carbocycles. The number of morpholine rings is 1. The van der Waals surface area contributed by atoms with Crippen molar-refractivity contribution in [1.29, 1.82) is 0 Å². The maximum Gasteiger partial charge on any atom is 0.239 e. The van der Waals surface area contributed by atoms with Crippen molar-refractivity contribution in [1.82, 2.24) is 10.6 Å². The van der Waals surface area contributed by atoms with Crippen LogP contribution in [0.15, 0.2) is 0 Å². The maximum atomic E-state index is 11.8. The standard InChI is InChI=1S/C13H24N2O3/c16-12(10-4-2-1-3-5-10)8-15-13(17)11-9-18-7-6-14-11/h10-12,14,16H,1-9H2,(H,15,17). The van der Waals surface area contributed by atoms with Crippen LogP contribution in [0.2, 0.25) is 0 Å². The molecule has 1 aliphatic heterocycles. The second-order valence-electron chi connectivity index (χ2n) is 5.29. The van der Waals surface area contributed by atoms with Crippen LogP contribution >= 0.6 is 0 Å². The molecule has 0 aromatic carbocycles. The van der Waals surface area contributed by atoms with Crippen molar-refractivity contribution in [3.63, 3.8) is 0 Å². The molecular formula is C13H24N2O3. The molecule has 2 aliphatic rings. The number of aliphatic hydroxyl groups excluding tert-OH is 1. The summed E-state index contributed by atoms with van der Waals surface area (Å²) >= 11 is 0. The van der Waals surface area contributed by atoms with Crippen LogP contribution in [0.3, 0.4) is 0 Å². The van der Waals surface area contributed by atoms with Gasteiger partial charge in [0.15, 0.2) is 0 Å². The quantitative estimate of drug-likeness (QED) is 0.664. The second-order valence-corrected chi connectivity index (χ2v) is 5.29. The number of aliphatic hydroxyl groups is 1. The van der Waals surface area contributed by atoms with Crippen molar-refractivity contribution >= 4 is 5.91 Å². The van der Waals surface area contributed by atoms with Gasteiger partial charge >= 0.3 is 0 Å². The van der Waals surface area contributed by atoms with Crippen molar-refractivity contribution in [3.05, 3.63) is 0 Å². The van der Waals surface area contributed by atoms with Crippen molar-refractivity contribution in [2.45, 2.75) is 44.2 Å². The van der Waals surface area contributed by atoms with E-state index in [9.17, 15) is 9.90 Å². The van der Waals surface area contributed by atoms with E-state index in [-0.39, 0.29) is 11.9 Å². The van der Waals surface area contributed by atoms with E-state index < -0.39 is 6.10 Å². The number of amides is 1. The second kappa shape index (κ2) is 7.07. The predicted octanol–water partition coefficient (Wildman–Crippen LogP) is 0.0322. The Hall–Kier alpha value is -0.650. The topological polar surface area (TPSA) is 70.6 Å². The van der Waals surface area contributed by atoms with Gasteiger partial charge in [-0.3, -0.25) is 4.79 Å². The Morgan fingerprint density at radius 3 is 2.83 bits per heavy atom. The van der Waals surface area contributed by atoms with Crippen molar-refractivity contribution in [2.75, 3.05) is 26.3 Å². The smallest absolute Gasteiger partial charge is 0.239 e. The van der Waals surface area contributed by atoms with Crippen molar-refractivity contribution in [2.24, 2.45) is 5.92 Å². The largest absolute Gasteiger partial charge is 0.391 e. The summed E-state index contributed by atoms with van der Waals surface area (Å²) in [4.78, 5) is 11.8. The van der Waals surface area contributed by atoms with Crippen LogP contribution in [0.4, 0.5) is 0 Å². The molecule has 2 atom stereocenters. The Morgan fingerprint density at radius 1 is 1.39 bits per heavy atom. The number of nitrogens with one attached hydrogen (secondary N) is 2. The highest BCUT2D eigenvalue weighted by molar-refractivity contribution is 5.82. The monoisotopic (exact) mass is 256 g/mol. The molecule has 0 radical (unpaired) electrons. The third-order valence-corrected chi connectivity index (χ3v) is 3.92. The van der Waals surface area contributed by atoms with E-state index in [1.807, 2.05) is 0 Å². The zero-order chi connectivity index (χ0) is 12.8. The van der Waals surface area contributed by atoms with Gasteiger partial charge in [-0.25, -0.2) is 0 Å². The summed E-state index contributed by atoms with van der Waals surface area (Å²) in [5.41, 5.74) is 0. The lowest BCUT2D eigenvalue weighted by atomic mass is 9.85. The molecular weight excluding hydrogens is 232 g/mol. The van der Waals surface area contributed by atoms with Gasteiger partial charge in [-0.05, 0) is 18.8 Å². The molecule has 0 bridgehead atoms. The van der Waals surface area contributed by atoms with Crippen LogP contribution < -0.4 is 10.6 Å². The third-order valence-electron chi connectivity index (χ3n) is 3.92. The molecule has 5 heteroatoms. The highest BCUT2D eigenvalue weighted by Gasteiger charge is 2.25. The first kappa shape index (κ1) is 13.8. The first-order valence-electron chi connectivity index (χ1n) is 7.04. The molecule has 1 heterocycles. The van der Waals surface area contributed by atoms with Gasteiger partial charge < -0.3 is 20.5 Å². The van der Waals surface area contributed by atoms with E-state index in [4.69, 9.17) is 4.74 Å². The van der Waals surface area contributed by atoms with E-state index in [2.05, 4.69) is 10.6 Å². The molecule has 0 spiro atoms. The minimum atomic E-state index is -0.404. The van der Waals surface area contributed by atoms with Crippen molar-refractivity contribution in [3.8, 4) is 0 Å². The number of rotatable bonds is 4. The Morgan fingerprint density at radius 2 is 2.17 bits per heavy atom. The molecule has 1 saturated heterocycles. The van der Waals surface area contributed by atoms with Crippen LogP contribution in [-0.4, -0.2) is 49.5 Å². The molecule has 18 heavy (non-hydrogen) atoms. The fourth-order valence-corrected chi connectivity index (χ4v) is 2.75. The summed E-state index contributed by atoms with van der Waals surface area (Å²) in [7, 11) is 0. The summed E-state index contributed by atoms with van der Waals surface area (Å²) in [6, 6.07) is -0.266. The Labute approximate surface area is 108 Å². The van der Waals surface area contributed by atoms with Gasteiger partial charge in [0.2, 0.25) is 5.91 Å². The minimum Gasteiger partial charge on any atom is -0.391 e. The SMILES string of the molecule is O=C(NCC(O)C1CCCCC1)C1COCCN1. The van der Waals surface area contributed by atoms with Gasteiger partial charge in [-0.2, -0.15) is 0 Å². The Bertz CT molecular complexity index is 261. The highest BCUT2D eigenvalue weighted by Crippen LogP contribution is 2.26. The fourth-order valence-electron chi connectivity index (χ4n) is 2.75. The number of hydrogen-bond donors (Lipinski definition) is 3. The number of hydrogen-bond acceptors (Lipinski definition) is 4. The molecule has 1 amide bonds. The average molecular weight is 256 g/mol. The average Bonchev–Trinajstić information content (AvgIpc) is 2.46. The van der Waals surface area contributed by atoms with E-state index in [1.54, 1.807) is 0 Å². The Kier molecular flexibility index (Phi) is 5.41. The van der Waals surface area contributed by atoms with Crippen LogP contribution in [0.1, 0.15) is 32.1 Å². The minimum absolute atomic E-state index is 0.0652. The first-order chi connectivity index (χ1) is 8.77. The first-order valence-corrected chi connectivity index (χ1v) is 7.04. The molecule has 0 aromatic rings. The zero-order valence-corrected chi connectivity index (χ0v) is 10.9. The number of ether oxygens (including phenoxy) is 1. The fraction of sp³-hybridized carbons (Fsp3) is 0.923. The third kappa shape index (κ3) is 3.93. The molecule has 0 aromatic heterocycles. The lowest BCUT2D eigenvalue weighted by molar-refractivity contribution is -0.126. The van der Waals surface area contributed by atoms with Gasteiger partial charge in [0.25, 0.3) is 0 Å². The van der Waals surface area contributed by atoms with Crippen LogP contribution in [-0.2, 0) is 9.53 Å². The molecule has 3 N–H and O–H groups in total. The predicted molar refractivity (Wildman–Crippen MR) is 68.2 cm³/mol. The lowest BCUT2D eigenvalue weighted by Gasteiger charge is -2.28. The van der Waals surface area contributed by atoms with E-state index in [0.29, 0.717) is 32.2 Å². The molecule has 2 rings (SSSR count). The maximum absolute atomic E-state index is 11.8. The van der Waals surface area contributed by atoms with Gasteiger partial charge in [0, 0.05) is 13.1 Å². The van der Waals surface area contributed by atoms with Crippen LogP contribution in [0.5, 0.6) is 0 Å². The summed E-state index contributed by atoms with van der Waals surface area (Å²) < 4.78 is 5.24. The van der Waals surface area contributed by atoms with Gasteiger partial charge in [0.1, 0.15) is 6.04 Å². The van der Waals surface area contributed by atoms with E-state index in [1.165, 1.54) is 19.3 Å². The van der Waals surface area contributed by atoms with E-state index in [0.717, 1.165) is 12.8 Å². The molecule has 5 nitrogen and oxygen atoms in total. The molecule has 1 aliphatic carbocycles. The van der Waals surface area contributed by atoms with E-state index >= 15 is 0 Å². The number of carbonyl (C=O) groups is 1. The normalized spacial score (nSPS) is 27.7. The Balaban J connectivity index is 1.67. The highest BCUT2D eigenvalue weighted by atomic mass is 16.5. The lowest BCUT2D eigenvalue weighted by Crippen LogP contribution is -2.52.